The molecule has 0 saturated carbocycles. The zero-order valence-electron chi connectivity index (χ0n) is 15.4. The highest BCUT2D eigenvalue weighted by molar-refractivity contribution is 5.99. The van der Waals surface area contributed by atoms with Gasteiger partial charge in [0.25, 0.3) is 11.8 Å². The van der Waals surface area contributed by atoms with Gasteiger partial charge in [0.15, 0.2) is 0 Å². The van der Waals surface area contributed by atoms with Crippen LogP contribution in [0.1, 0.15) is 46.0 Å². The lowest BCUT2D eigenvalue weighted by molar-refractivity contribution is 0.0952. The van der Waals surface area contributed by atoms with Crippen molar-refractivity contribution in [2.45, 2.75) is 26.2 Å². The molecular weight excluding hydrogens is 328 g/mol. The summed E-state index contributed by atoms with van der Waals surface area (Å²) in [6.45, 7) is 3.24. The Morgan fingerprint density at radius 3 is 2.12 bits per heavy atom. The monoisotopic (exact) mass is 354 g/mol. The average molecular weight is 354 g/mol. The van der Waals surface area contributed by atoms with Gasteiger partial charge in [-0.3, -0.25) is 9.59 Å². The van der Waals surface area contributed by atoms with Crippen LogP contribution in [0.5, 0.6) is 5.75 Å². The van der Waals surface area contributed by atoms with Gasteiger partial charge in [0, 0.05) is 24.2 Å². The molecule has 0 aliphatic carbocycles. The smallest absolute Gasteiger partial charge is 0.251 e. The fraction of sp³-hybridized carbons (Fsp3) is 0.333. The lowest BCUT2D eigenvalue weighted by atomic mass is 10.1. The first kappa shape index (κ1) is 19.5. The molecule has 0 fully saturated rings. The number of benzene rings is 2. The van der Waals surface area contributed by atoms with Crippen LogP contribution in [0.15, 0.2) is 48.5 Å². The van der Waals surface area contributed by atoms with E-state index in [0.717, 1.165) is 30.6 Å². The minimum absolute atomic E-state index is 0.147. The number of carbonyl (C=O) groups excluding carboxylic acids is 2. The summed E-state index contributed by atoms with van der Waals surface area (Å²) in [5, 5.41) is 5.75. The molecule has 5 heteroatoms. The minimum atomic E-state index is -0.179. The number of hydrogen-bond donors (Lipinski definition) is 2. The number of carbonyl (C=O) groups is 2. The van der Waals surface area contributed by atoms with Crippen molar-refractivity contribution in [1.82, 2.24) is 10.6 Å². The molecule has 26 heavy (non-hydrogen) atoms. The van der Waals surface area contributed by atoms with E-state index in [2.05, 4.69) is 17.6 Å². The summed E-state index contributed by atoms with van der Waals surface area (Å²) in [5.41, 5.74) is 2.11. The summed E-state index contributed by atoms with van der Waals surface area (Å²) in [6.07, 6.45) is 2.70. The molecule has 0 radical (unpaired) electrons. The van der Waals surface area contributed by atoms with Gasteiger partial charge in [-0.25, -0.2) is 0 Å². The van der Waals surface area contributed by atoms with Gasteiger partial charge in [0.05, 0.1) is 7.11 Å². The predicted molar refractivity (Wildman–Crippen MR) is 103 cm³/mol. The van der Waals surface area contributed by atoms with Crippen LogP contribution in [-0.4, -0.2) is 32.0 Å². The van der Waals surface area contributed by atoms with Gasteiger partial charge in [-0.1, -0.05) is 31.5 Å². The normalized spacial score (nSPS) is 10.2. The molecule has 0 heterocycles. The zero-order chi connectivity index (χ0) is 18.8. The van der Waals surface area contributed by atoms with Crippen LogP contribution in [0.4, 0.5) is 0 Å². The van der Waals surface area contributed by atoms with Gasteiger partial charge < -0.3 is 15.4 Å². The Bertz CT molecular complexity index is 726. The molecule has 2 amide bonds. The van der Waals surface area contributed by atoms with E-state index in [1.54, 1.807) is 31.4 Å². The van der Waals surface area contributed by atoms with Gasteiger partial charge >= 0.3 is 0 Å². The molecule has 0 atom stereocenters. The quantitative estimate of drug-likeness (QED) is 0.680. The second kappa shape index (κ2) is 10.2. The summed E-state index contributed by atoms with van der Waals surface area (Å²) in [6, 6.07) is 14.5. The Morgan fingerprint density at radius 1 is 0.923 bits per heavy atom. The molecule has 5 nitrogen and oxygen atoms in total. The third kappa shape index (κ3) is 5.92. The fourth-order valence-electron chi connectivity index (χ4n) is 2.50. The first-order valence-corrected chi connectivity index (χ1v) is 8.93. The second-order valence-electron chi connectivity index (χ2n) is 6.04. The van der Waals surface area contributed by atoms with E-state index in [4.69, 9.17) is 4.74 Å². The van der Waals surface area contributed by atoms with Crippen LogP contribution in [0.3, 0.4) is 0 Å². The number of amides is 2. The van der Waals surface area contributed by atoms with Gasteiger partial charge in [-0.2, -0.15) is 0 Å². The Morgan fingerprint density at radius 2 is 1.54 bits per heavy atom. The van der Waals surface area contributed by atoms with E-state index in [1.165, 1.54) is 0 Å². The highest BCUT2D eigenvalue weighted by Gasteiger charge is 2.10. The lowest BCUT2D eigenvalue weighted by Gasteiger charge is -2.08. The molecular formula is C21H26N2O3. The van der Waals surface area contributed by atoms with Crippen molar-refractivity contribution in [1.29, 1.82) is 0 Å². The number of methoxy groups -OCH3 is 1. The average Bonchev–Trinajstić information content (AvgIpc) is 2.68. The van der Waals surface area contributed by atoms with Crippen LogP contribution in [0.25, 0.3) is 0 Å². The van der Waals surface area contributed by atoms with Crippen LogP contribution in [-0.2, 0) is 6.42 Å². The summed E-state index contributed by atoms with van der Waals surface area (Å²) in [5.74, 6) is 0.486. The fourth-order valence-corrected chi connectivity index (χ4v) is 2.50. The lowest BCUT2D eigenvalue weighted by Crippen LogP contribution is -2.27. The van der Waals surface area contributed by atoms with Gasteiger partial charge in [-0.05, 0) is 48.7 Å². The SMILES string of the molecule is CCCCNC(=O)c1cccc(C(=O)NCCc2ccc(OC)cc2)c1. The molecule has 0 unspecified atom stereocenters. The molecule has 2 N–H and O–H groups in total. The van der Waals surface area contributed by atoms with E-state index in [0.29, 0.717) is 24.2 Å². The summed E-state index contributed by atoms with van der Waals surface area (Å²) in [4.78, 5) is 24.4. The summed E-state index contributed by atoms with van der Waals surface area (Å²) in [7, 11) is 1.63. The molecule has 0 bridgehead atoms. The zero-order valence-corrected chi connectivity index (χ0v) is 15.4. The molecule has 0 aliphatic heterocycles. The van der Waals surface area contributed by atoms with Crippen molar-refractivity contribution >= 4 is 11.8 Å². The molecule has 138 valence electrons. The van der Waals surface area contributed by atoms with Crippen molar-refractivity contribution in [3.05, 3.63) is 65.2 Å². The van der Waals surface area contributed by atoms with Gasteiger partial charge in [-0.15, -0.1) is 0 Å². The number of ether oxygens (including phenoxy) is 1. The van der Waals surface area contributed by atoms with Crippen molar-refractivity contribution in [2.75, 3.05) is 20.2 Å². The third-order valence-electron chi connectivity index (χ3n) is 4.06. The van der Waals surface area contributed by atoms with Gasteiger partial charge in [0.1, 0.15) is 5.75 Å². The Labute approximate surface area is 154 Å². The Hall–Kier alpha value is -2.82. The Kier molecular flexibility index (Phi) is 7.68. The molecule has 2 aromatic rings. The van der Waals surface area contributed by atoms with E-state index in [1.807, 2.05) is 24.3 Å². The van der Waals surface area contributed by atoms with Crippen LogP contribution in [0.2, 0.25) is 0 Å². The molecule has 0 saturated heterocycles. The molecule has 2 aromatic carbocycles. The number of unbranched alkanes of at least 4 members (excludes halogenated alkanes) is 1. The molecule has 0 spiro atoms. The van der Waals surface area contributed by atoms with Crippen molar-refractivity contribution in [3.63, 3.8) is 0 Å². The van der Waals surface area contributed by atoms with E-state index >= 15 is 0 Å². The molecule has 2 rings (SSSR count). The highest BCUT2D eigenvalue weighted by Crippen LogP contribution is 2.11. The number of rotatable bonds is 9. The van der Waals surface area contributed by atoms with Crippen molar-refractivity contribution < 1.29 is 14.3 Å². The van der Waals surface area contributed by atoms with Crippen LogP contribution >= 0.6 is 0 Å². The predicted octanol–water partition coefficient (Wildman–Crippen LogP) is 3.20. The first-order valence-electron chi connectivity index (χ1n) is 8.93. The van der Waals surface area contributed by atoms with Crippen molar-refractivity contribution in [3.8, 4) is 5.75 Å². The maximum Gasteiger partial charge on any atom is 0.251 e. The number of nitrogens with one attached hydrogen (secondary N) is 2. The standard InChI is InChI=1S/C21H26N2O3/c1-3-4-13-22-20(24)17-6-5-7-18(15-17)21(25)23-14-12-16-8-10-19(26-2)11-9-16/h5-11,15H,3-4,12-14H2,1-2H3,(H,22,24)(H,23,25). The maximum absolute atomic E-state index is 12.3. The van der Waals surface area contributed by atoms with E-state index in [-0.39, 0.29) is 11.8 Å². The van der Waals surface area contributed by atoms with Crippen LogP contribution < -0.4 is 15.4 Å². The van der Waals surface area contributed by atoms with Gasteiger partial charge in [0.2, 0.25) is 0 Å². The summed E-state index contributed by atoms with van der Waals surface area (Å²) < 4.78 is 5.13. The summed E-state index contributed by atoms with van der Waals surface area (Å²) >= 11 is 0. The molecule has 0 aromatic heterocycles. The number of hydrogen-bond acceptors (Lipinski definition) is 3. The first-order chi connectivity index (χ1) is 12.6. The van der Waals surface area contributed by atoms with Crippen LogP contribution in [0, 0.1) is 0 Å². The second-order valence-corrected chi connectivity index (χ2v) is 6.04. The largest absolute Gasteiger partial charge is 0.497 e. The Balaban J connectivity index is 1.86. The topological polar surface area (TPSA) is 67.4 Å². The highest BCUT2D eigenvalue weighted by atomic mass is 16.5. The van der Waals surface area contributed by atoms with E-state index < -0.39 is 0 Å². The minimum Gasteiger partial charge on any atom is -0.497 e. The van der Waals surface area contributed by atoms with Crippen molar-refractivity contribution in [2.24, 2.45) is 0 Å². The van der Waals surface area contributed by atoms with E-state index in [9.17, 15) is 9.59 Å². The molecule has 0 aliphatic rings. The third-order valence-corrected chi connectivity index (χ3v) is 4.06. The maximum atomic E-state index is 12.3.